The molecule has 234 valence electrons. The lowest BCUT2D eigenvalue weighted by Gasteiger charge is -2.19. The molecular weight excluding hydrogens is 596 g/mol. The molecule has 0 atom stereocenters. The van der Waals surface area contributed by atoms with Crippen LogP contribution in [0.15, 0.2) is 117 Å². The van der Waals surface area contributed by atoms with Crippen molar-refractivity contribution in [3.05, 3.63) is 139 Å². The lowest BCUT2D eigenvalue weighted by Crippen LogP contribution is -2.14. The molecule has 0 aliphatic carbocycles. The Morgan fingerprint density at radius 3 is 1.87 bits per heavy atom. The first kappa shape index (κ1) is 31.8. The molecule has 0 bridgehead atoms. The standard InChI is InChI=1S/C18H17N5O.C16H13N5O2/c1-13-4-3-5-14(8-13)18(24)22-17-9-15(6-7-21-17)23(2)16-10-19-12-20-11-16;1-11-3-2-4-12(5-11)16(22)21-14-8-17-9-15(20-14)23-13-6-18-10-19-7-13/h3-12H,1-2H3,(H,21,22,24);2-10H,1H3,(H,20,21,22). The summed E-state index contributed by atoms with van der Waals surface area (Å²) in [5, 5.41) is 5.51. The highest BCUT2D eigenvalue weighted by Crippen LogP contribution is 2.24. The first-order valence-corrected chi connectivity index (χ1v) is 14.3. The molecular formula is C34H30N10O3. The van der Waals surface area contributed by atoms with Crippen molar-refractivity contribution in [3.63, 3.8) is 0 Å². The van der Waals surface area contributed by atoms with E-state index in [1.54, 1.807) is 42.9 Å². The number of hydrogen-bond acceptors (Lipinski definition) is 11. The van der Waals surface area contributed by atoms with Crippen LogP contribution in [0.1, 0.15) is 31.8 Å². The van der Waals surface area contributed by atoms with Crippen molar-refractivity contribution >= 4 is 34.8 Å². The third-order valence-electron chi connectivity index (χ3n) is 6.48. The number of amides is 2. The fourth-order valence-electron chi connectivity index (χ4n) is 4.18. The minimum absolute atomic E-state index is 0.186. The van der Waals surface area contributed by atoms with Crippen molar-refractivity contribution in [1.82, 2.24) is 34.9 Å². The topological polar surface area (TPSA) is 161 Å². The molecule has 0 spiro atoms. The monoisotopic (exact) mass is 626 g/mol. The van der Waals surface area contributed by atoms with Gasteiger partial charge in [-0.25, -0.2) is 24.9 Å². The number of nitrogens with zero attached hydrogens (tertiary/aromatic N) is 8. The smallest absolute Gasteiger partial charge is 0.256 e. The fourth-order valence-corrected chi connectivity index (χ4v) is 4.18. The Balaban J connectivity index is 0.000000185. The van der Waals surface area contributed by atoms with Crippen LogP contribution in [0.3, 0.4) is 0 Å². The van der Waals surface area contributed by atoms with Gasteiger partial charge in [-0.2, -0.15) is 4.98 Å². The fraction of sp³-hybridized carbons (Fsp3) is 0.0882. The number of benzene rings is 2. The van der Waals surface area contributed by atoms with Gasteiger partial charge >= 0.3 is 0 Å². The van der Waals surface area contributed by atoms with Gasteiger partial charge in [-0.05, 0) is 44.2 Å². The average Bonchev–Trinajstić information content (AvgIpc) is 3.09. The van der Waals surface area contributed by atoms with Crippen LogP contribution in [-0.2, 0) is 0 Å². The number of rotatable bonds is 8. The molecule has 6 rings (SSSR count). The summed E-state index contributed by atoms with van der Waals surface area (Å²) >= 11 is 0. The second-order valence-corrected chi connectivity index (χ2v) is 10.1. The summed E-state index contributed by atoms with van der Waals surface area (Å²) in [6.45, 7) is 3.87. The number of ether oxygens (including phenoxy) is 1. The van der Waals surface area contributed by atoms with Gasteiger partial charge in [0.1, 0.15) is 18.5 Å². The summed E-state index contributed by atoms with van der Waals surface area (Å²) in [5.74, 6) is 1.01. The number of aromatic nitrogens is 7. The van der Waals surface area contributed by atoms with E-state index < -0.39 is 0 Å². The molecule has 6 aromatic rings. The van der Waals surface area contributed by atoms with Gasteiger partial charge in [0.15, 0.2) is 11.6 Å². The zero-order valence-corrected chi connectivity index (χ0v) is 25.8. The number of hydrogen-bond donors (Lipinski definition) is 2. The Morgan fingerprint density at radius 1 is 0.660 bits per heavy atom. The van der Waals surface area contributed by atoms with E-state index in [1.807, 2.05) is 62.2 Å². The number of anilines is 4. The second kappa shape index (κ2) is 15.4. The second-order valence-electron chi connectivity index (χ2n) is 10.1. The van der Waals surface area contributed by atoms with E-state index in [0.717, 1.165) is 22.5 Å². The summed E-state index contributed by atoms with van der Waals surface area (Å²) in [6.07, 6.45) is 13.9. The Labute approximate surface area is 270 Å². The number of nitrogens with one attached hydrogen (secondary N) is 2. The SMILES string of the molecule is Cc1cccc(C(=O)Nc2cc(N(C)c3cncnc3)ccn2)c1.Cc1cccc(C(=O)Nc2cncc(Oc3cncnc3)n2)c1. The van der Waals surface area contributed by atoms with Crippen LogP contribution in [0.2, 0.25) is 0 Å². The maximum atomic E-state index is 12.3. The molecule has 0 saturated heterocycles. The molecule has 0 aliphatic heterocycles. The Hall–Kier alpha value is -6.63. The van der Waals surface area contributed by atoms with E-state index in [2.05, 4.69) is 45.5 Å². The lowest BCUT2D eigenvalue weighted by atomic mass is 10.1. The summed E-state index contributed by atoms with van der Waals surface area (Å²) < 4.78 is 5.48. The van der Waals surface area contributed by atoms with Crippen LogP contribution in [0.5, 0.6) is 11.6 Å². The molecule has 13 heteroatoms. The predicted molar refractivity (Wildman–Crippen MR) is 177 cm³/mol. The maximum Gasteiger partial charge on any atom is 0.256 e. The predicted octanol–water partition coefficient (Wildman–Crippen LogP) is 5.82. The Bertz CT molecular complexity index is 1960. The quantitative estimate of drug-likeness (QED) is 0.209. The molecule has 2 amide bonds. The lowest BCUT2D eigenvalue weighted by molar-refractivity contribution is 0.101. The van der Waals surface area contributed by atoms with Crippen LogP contribution < -0.4 is 20.3 Å². The minimum atomic E-state index is -0.261. The molecule has 47 heavy (non-hydrogen) atoms. The third-order valence-corrected chi connectivity index (χ3v) is 6.48. The molecule has 13 nitrogen and oxygen atoms in total. The summed E-state index contributed by atoms with van der Waals surface area (Å²) in [6, 6.07) is 18.4. The van der Waals surface area contributed by atoms with Gasteiger partial charge in [0.05, 0.1) is 42.9 Å². The normalized spacial score (nSPS) is 10.2. The van der Waals surface area contributed by atoms with Gasteiger partial charge in [0.2, 0.25) is 5.88 Å². The molecule has 0 saturated carbocycles. The van der Waals surface area contributed by atoms with Crippen molar-refractivity contribution < 1.29 is 14.3 Å². The van der Waals surface area contributed by atoms with Crippen molar-refractivity contribution in [3.8, 4) is 11.6 Å². The van der Waals surface area contributed by atoms with Crippen molar-refractivity contribution in [2.75, 3.05) is 22.6 Å². The Kier molecular flexibility index (Phi) is 10.4. The number of aryl methyl sites for hydroxylation is 2. The van der Waals surface area contributed by atoms with E-state index in [-0.39, 0.29) is 17.7 Å². The number of carbonyl (C=O) groups excluding carboxylic acids is 2. The van der Waals surface area contributed by atoms with E-state index in [9.17, 15) is 9.59 Å². The van der Waals surface area contributed by atoms with Gasteiger partial charge < -0.3 is 20.3 Å². The number of pyridine rings is 1. The van der Waals surface area contributed by atoms with E-state index >= 15 is 0 Å². The van der Waals surface area contributed by atoms with E-state index in [1.165, 1.54) is 37.4 Å². The Morgan fingerprint density at radius 2 is 1.26 bits per heavy atom. The molecule has 2 aromatic carbocycles. The summed E-state index contributed by atoms with van der Waals surface area (Å²) in [7, 11) is 1.90. The van der Waals surface area contributed by atoms with Gasteiger partial charge in [0.25, 0.3) is 11.8 Å². The highest BCUT2D eigenvalue weighted by Gasteiger charge is 2.11. The first-order valence-electron chi connectivity index (χ1n) is 14.3. The average molecular weight is 627 g/mol. The number of carbonyl (C=O) groups is 2. The van der Waals surface area contributed by atoms with Gasteiger partial charge in [-0.1, -0.05) is 35.4 Å². The third kappa shape index (κ3) is 9.18. The molecule has 0 radical (unpaired) electrons. The zero-order chi connectivity index (χ0) is 33.0. The van der Waals surface area contributed by atoms with Crippen molar-refractivity contribution in [2.24, 2.45) is 0 Å². The van der Waals surface area contributed by atoms with Crippen LogP contribution in [0.25, 0.3) is 0 Å². The van der Waals surface area contributed by atoms with Crippen LogP contribution >= 0.6 is 0 Å². The maximum absolute atomic E-state index is 12.3. The van der Waals surface area contributed by atoms with Gasteiger partial charge in [-0.3, -0.25) is 14.6 Å². The summed E-state index contributed by atoms with van der Waals surface area (Å²) in [4.78, 5) is 54.6. The van der Waals surface area contributed by atoms with Crippen molar-refractivity contribution in [2.45, 2.75) is 13.8 Å². The van der Waals surface area contributed by atoms with Crippen LogP contribution in [-0.4, -0.2) is 53.7 Å². The van der Waals surface area contributed by atoms with Crippen LogP contribution in [0, 0.1) is 13.8 Å². The first-order chi connectivity index (χ1) is 22.8. The minimum Gasteiger partial charge on any atom is -0.434 e. The highest BCUT2D eigenvalue weighted by molar-refractivity contribution is 6.04. The van der Waals surface area contributed by atoms with Crippen molar-refractivity contribution in [1.29, 1.82) is 0 Å². The highest BCUT2D eigenvalue weighted by atomic mass is 16.5. The van der Waals surface area contributed by atoms with E-state index in [0.29, 0.717) is 28.5 Å². The summed E-state index contributed by atoms with van der Waals surface area (Å²) in [5.41, 5.74) is 4.92. The zero-order valence-electron chi connectivity index (χ0n) is 25.8. The van der Waals surface area contributed by atoms with Gasteiger partial charge in [0, 0.05) is 36.1 Å². The molecule has 4 aromatic heterocycles. The molecule has 0 aliphatic rings. The molecule has 0 fully saturated rings. The molecule has 2 N–H and O–H groups in total. The van der Waals surface area contributed by atoms with E-state index in [4.69, 9.17) is 4.74 Å². The largest absolute Gasteiger partial charge is 0.434 e. The molecule has 4 heterocycles. The van der Waals surface area contributed by atoms with Crippen LogP contribution in [0.4, 0.5) is 23.0 Å². The molecule has 0 unspecified atom stereocenters. The van der Waals surface area contributed by atoms with Gasteiger partial charge in [-0.15, -0.1) is 0 Å².